The second-order valence-electron chi connectivity index (χ2n) is 7.07. The normalized spacial score (nSPS) is 35.0. The van der Waals surface area contributed by atoms with E-state index in [1.54, 1.807) is 0 Å². The summed E-state index contributed by atoms with van der Waals surface area (Å²) >= 11 is 0. The van der Waals surface area contributed by atoms with E-state index in [0.29, 0.717) is 23.8 Å². The number of carbonyl (C=O) groups is 1. The van der Waals surface area contributed by atoms with E-state index in [-0.39, 0.29) is 0 Å². The zero-order valence-electron chi connectivity index (χ0n) is 13.5. The van der Waals surface area contributed by atoms with Crippen LogP contribution in [0.25, 0.3) is 0 Å². The molecular weight excluding hydrogens is 248 g/mol. The average Bonchev–Trinajstić information content (AvgIpc) is 2.46. The number of carbonyl (C=O) groups excluding carboxylic acids is 1. The fourth-order valence-electron chi connectivity index (χ4n) is 3.74. The van der Waals surface area contributed by atoms with Crippen molar-refractivity contribution < 1.29 is 4.79 Å². The SMILES string of the molecule is CCCNC1CCN(C(=O)C2CCC(C)CC2)CC1C. The van der Waals surface area contributed by atoms with Crippen LogP contribution in [0.3, 0.4) is 0 Å². The third-order valence-electron chi connectivity index (χ3n) is 5.24. The highest BCUT2D eigenvalue weighted by Crippen LogP contribution is 2.30. The van der Waals surface area contributed by atoms with Crippen LogP contribution in [-0.2, 0) is 4.79 Å². The lowest BCUT2D eigenvalue weighted by atomic mass is 9.81. The van der Waals surface area contributed by atoms with Gasteiger partial charge in [0.15, 0.2) is 0 Å². The summed E-state index contributed by atoms with van der Waals surface area (Å²) in [5.74, 6) is 2.17. The summed E-state index contributed by atoms with van der Waals surface area (Å²) in [6.07, 6.45) is 7.01. The van der Waals surface area contributed by atoms with Crippen molar-refractivity contribution in [3.63, 3.8) is 0 Å². The molecule has 0 radical (unpaired) electrons. The fraction of sp³-hybridized carbons (Fsp3) is 0.941. The van der Waals surface area contributed by atoms with Gasteiger partial charge in [-0.05, 0) is 56.9 Å². The number of hydrogen-bond acceptors (Lipinski definition) is 2. The summed E-state index contributed by atoms with van der Waals surface area (Å²) in [5, 5.41) is 3.63. The van der Waals surface area contributed by atoms with Crippen LogP contribution < -0.4 is 5.32 Å². The van der Waals surface area contributed by atoms with Crippen molar-refractivity contribution in [2.45, 2.75) is 65.3 Å². The second-order valence-corrected chi connectivity index (χ2v) is 7.07. The lowest BCUT2D eigenvalue weighted by molar-refractivity contribution is -0.138. The van der Waals surface area contributed by atoms with Gasteiger partial charge in [0.2, 0.25) is 5.91 Å². The van der Waals surface area contributed by atoms with Gasteiger partial charge in [-0.2, -0.15) is 0 Å². The first-order valence-corrected chi connectivity index (χ1v) is 8.64. The molecule has 2 atom stereocenters. The Morgan fingerprint density at radius 1 is 1.15 bits per heavy atom. The number of amides is 1. The topological polar surface area (TPSA) is 32.3 Å². The van der Waals surface area contributed by atoms with Crippen LogP contribution >= 0.6 is 0 Å². The van der Waals surface area contributed by atoms with E-state index in [1.807, 2.05) is 0 Å². The minimum atomic E-state index is 0.318. The van der Waals surface area contributed by atoms with Crippen LogP contribution in [0, 0.1) is 17.8 Å². The number of piperidine rings is 1. The minimum Gasteiger partial charge on any atom is -0.342 e. The summed E-state index contributed by atoms with van der Waals surface area (Å²) < 4.78 is 0. The van der Waals surface area contributed by atoms with Gasteiger partial charge in [-0.3, -0.25) is 4.79 Å². The molecule has 1 aliphatic carbocycles. The molecule has 20 heavy (non-hydrogen) atoms. The van der Waals surface area contributed by atoms with Crippen molar-refractivity contribution in [2.24, 2.45) is 17.8 Å². The Balaban J connectivity index is 1.81. The van der Waals surface area contributed by atoms with E-state index in [0.717, 1.165) is 44.8 Å². The van der Waals surface area contributed by atoms with E-state index in [9.17, 15) is 4.79 Å². The van der Waals surface area contributed by atoms with E-state index >= 15 is 0 Å². The van der Waals surface area contributed by atoms with Crippen molar-refractivity contribution in [2.75, 3.05) is 19.6 Å². The van der Waals surface area contributed by atoms with Gasteiger partial charge >= 0.3 is 0 Å². The Morgan fingerprint density at radius 3 is 2.45 bits per heavy atom. The first-order valence-electron chi connectivity index (χ1n) is 8.64. The largest absolute Gasteiger partial charge is 0.342 e. The minimum absolute atomic E-state index is 0.318. The monoisotopic (exact) mass is 280 g/mol. The summed E-state index contributed by atoms with van der Waals surface area (Å²) in [6, 6.07) is 0.602. The number of likely N-dealkylation sites (tertiary alicyclic amines) is 1. The van der Waals surface area contributed by atoms with Crippen molar-refractivity contribution in [3.8, 4) is 0 Å². The van der Waals surface area contributed by atoms with Gasteiger partial charge in [-0.15, -0.1) is 0 Å². The Bertz CT molecular complexity index is 310. The fourth-order valence-corrected chi connectivity index (χ4v) is 3.74. The number of rotatable bonds is 4. The van der Waals surface area contributed by atoms with E-state index in [1.165, 1.54) is 19.3 Å². The van der Waals surface area contributed by atoms with Crippen LogP contribution in [0.4, 0.5) is 0 Å². The maximum atomic E-state index is 12.6. The lowest BCUT2D eigenvalue weighted by Crippen LogP contribution is -2.51. The predicted octanol–water partition coefficient (Wildman–Crippen LogP) is 3.05. The van der Waals surface area contributed by atoms with Gasteiger partial charge in [-0.1, -0.05) is 20.8 Å². The smallest absolute Gasteiger partial charge is 0.225 e. The van der Waals surface area contributed by atoms with E-state index in [4.69, 9.17) is 0 Å². The Labute approximate surface area is 124 Å². The Hall–Kier alpha value is -0.570. The standard InChI is InChI=1S/C17H32N2O/c1-4-10-18-16-9-11-19(12-14(16)3)17(20)15-7-5-13(2)6-8-15/h13-16,18H,4-12H2,1-3H3. The van der Waals surface area contributed by atoms with E-state index in [2.05, 4.69) is 31.0 Å². The first kappa shape index (κ1) is 15.8. The second kappa shape index (κ2) is 7.44. The lowest BCUT2D eigenvalue weighted by Gasteiger charge is -2.39. The van der Waals surface area contributed by atoms with Gasteiger partial charge in [0.25, 0.3) is 0 Å². The maximum absolute atomic E-state index is 12.6. The molecule has 1 aliphatic heterocycles. The molecule has 0 spiro atoms. The number of nitrogens with one attached hydrogen (secondary N) is 1. The van der Waals surface area contributed by atoms with Crippen LogP contribution in [0.2, 0.25) is 0 Å². The van der Waals surface area contributed by atoms with Crippen LogP contribution in [0.5, 0.6) is 0 Å². The summed E-state index contributed by atoms with van der Waals surface area (Å²) in [5.41, 5.74) is 0. The predicted molar refractivity (Wildman–Crippen MR) is 83.6 cm³/mol. The Kier molecular flexibility index (Phi) is 5.88. The summed E-state index contributed by atoms with van der Waals surface area (Å²) in [6.45, 7) is 9.82. The third-order valence-corrected chi connectivity index (χ3v) is 5.24. The molecule has 2 rings (SSSR count). The van der Waals surface area contributed by atoms with Crippen molar-refractivity contribution >= 4 is 5.91 Å². The third kappa shape index (κ3) is 3.97. The molecular formula is C17H32N2O. The van der Waals surface area contributed by atoms with Crippen molar-refractivity contribution in [1.82, 2.24) is 10.2 Å². The van der Waals surface area contributed by atoms with Gasteiger partial charge < -0.3 is 10.2 Å². The molecule has 2 fully saturated rings. The molecule has 0 aromatic rings. The van der Waals surface area contributed by atoms with Crippen LogP contribution in [0.15, 0.2) is 0 Å². The number of nitrogens with zero attached hydrogens (tertiary/aromatic N) is 1. The highest BCUT2D eigenvalue weighted by Gasteiger charge is 2.32. The number of hydrogen-bond donors (Lipinski definition) is 1. The highest BCUT2D eigenvalue weighted by molar-refractivity contribution is 5.79. The summed E-state index contributed by atoms with van der Waals surface area (Å²) in [7, 11) is 0. The van der Waals surface area contributed by atoms with Gasteiger partial charge in [0.05, 0.1) is 0 Å². The molecule has 1 saturated carbocycles. The molecule has 3 heteroatoms. The molecule has 2 unspecified atom stereocenters. The van der Waals surface area contributed by atoms with Crippen molar-refractivity contribution in [1.29, 1.82) is 0 Å². The molecule has 1 saturated heterocycles. The van der Waals surface area contributed by atoms with Crippen LogP contribution in [0.1, 0.15) is 59.3 Å². The molecule has 0 bridgehead atoms. The zero-order chi connectivity index (χ0) is 14.5. The molecule has 0 aromatic heterocycles. The van der Waals surface area contributed by atoms with Gasteiger partial charge in [0.1, 0.15) is 0 Å². The average molecular weight is 280 g/mol. The molecule has 1 amide bonds. The van der Waals surface area contributed by atoms with E-state index < -0.39 is 0 Å². The Morgan fingerprint density at radius 2 is 1.85 bits per heavy atom. The van der Waals surface area contributed by atoms with Crippen LogP contribution in [-0.4, -0.2) is 36.5 Å². The maximum Gasteiger partial charge on any atom is 0.225 e. The quantitative estimate of drug-likeness (QED) is 0.858. The molecule has 2 aliphatic rings. The molecule has 1 heterocycles. The highest BCUT2D eigenvalue weighted by atomic mass is 16.2. The molecule has 1 N–H and O–H groups in total. The molecule has 116 valence electrons. The first-order chi connectivity index (χ1) is 9.61. The summed E-state index contributed by atoms with van der Waals surface area (Å²) in [4.78, 5) is 14.8. The zero-order valence-corrected chi connectivity index (χ0v) is 13.5. The molecule has 3 nitrogen and oxygen atoms in total. The van der Waals surface area contributed by atoms with Gasteiger partial charge in [0, 0.05) is 25.0 Å². The molecule has 0 aromatic carbocycles. The van der Waals surface area contributed by atoms with Crippen molar-refractivity contribution in [3.05, 3.63) is 0 Å². The van der Waals surface area contributed by atoms with Gasteiger partial charge in [-0.25, -0.2) is 0 Å².